The first-order chi connectivity index (χ1) is 12.8. The van der Waals surface area contributed by atoms with E-state index >= 15 is 0 Å². The lowest BCUT2D eigenvalue weighted by atomic mass is 9.95. The predicted octanol–water partition coefficient (Wildman–Crippen LogP) is 1.02. The van der Waals surface area contributed by atoms with Gasteiger partial charge in [0.05, 0.1) is 25.2 Å². The summed E-state index contributed by atoms with van der Waals surface area (Å²) in [6, 6.07) is 0. The van der Waals surface area contributed by atoms with Gasteiger partial charge in [0.1, 0.15) is 11.6 Å². The zero-order valence-electron chi connectivity index (χ0n) is 16.8. The highest BCUT2D eigenvalue weighted by Gasteiger charge is 2.34. The molecule has 0 N–H and O–H groups in total. The minimum atomic E-state index is -0.101. The van der Waals surface area contributed by atoms with Crippen LogP contribution in [0, 0.1) is 25.7 Å². The second-order valence-corrected chi connectivity index (χ2v) is 7.94. The van der Waals surface area contributed by atoms with Crippen LogP contribution < -0.4 is 0 Å². The average molecular weight is 377 g/mol. The van der Waals surface area contributed by atoms with Gasteiger partial charge in [-0.15, -0.1) is 0 Å². The molecule has 0 radical (unpaired) electrons. The summed E-state index contributed by atoms with van der Waals surface area (Å²) in [7, 11) is 0. The molecule has 0 unspecified atom stereocenters. The van der Waals surface area contributed by atoms with Gasteiger partial charge in [0.25, 0.3) is 0 Å². The normalized spacial score (nSPS) is 23.7. The molecule has 0 spiro atoms. The average Bonchev–Trinajstić information content (AvgIpc) is 2.97. The number of nitrogens with zero attached hydrogens (tertiary/aromatic N) is 5. The van der Waals surface area contributed by atoms with Crippen LogP contribution in [0.5, 0.6) is 0 Å². The number of likely N-dealkylation sites (tertiary alicyclic amines) is 1. The zero-order chi connectivity index (χ0) is 19.6. The number of rotatable bonds is 4. The Hall–Kier alpha value is -1.96. The summed E-state index contributed by atoms with van der Waals surface area (Å²) in [4.78, 5) is 33.4. The molecule has 2 amide bonds. The van der Waals surface area contributed by atoms with Crippen molar-refractivity contribution in [3.8, 4) is 0 Å². The van der Waals surface area contributed by atoms with Gasteiger partial charge in [0.2, 0.25) is 11.8 Å². The molecule has 0 bridgehead atoms. The molecule has 0 aliphatic carbocycles. The number of ether oxygens (including phenoxy) is 1. The van der Waals surface area contributed by atoms with E-state index in [0.29, 0.717) is 32.8 Å². The van der Waals surface area contributed by atoms with Crippen LogP contribution in [0.2, 0.25) is 0 Å². The summed E-state index contributed by atoms with van der Waals surface area (Å²) in [5.74, 6) is 1.76. The molecule has 2 saturated heterocycles. The van der Waals surface area contributed by atoms with Gasteiger partial charge >= 0.3 is 0 Å². The van der Waals surface area contributed by atoms with Crippen LogP contribution in [-0.2, 0) is 20.9 Å². The van der Waals surface area contributed by atoms with Crippen LogP contribution in [0.1, 0.15) is 38.3 Å². The summed E-state index contributed by atoms with van der Waals surface area (Å²) < 4.78 is 7.70. The second-order valence-electron chi connectivity index (χ2n) is 7.94. The van der Waals surface area contributed by atoms with Gasteiger partial charge in [-0.2, -0.15) is 5.10 Å². The Morgan fingerprint density at radius 2 is 1.96 bits per heavy atom. The summed E-state index contributed by atoms with van der Waals surface area (Å²) in [6.07, 6.45) is 1.66. The SMILES string of the molecule is Cc1nc(C)n(C[C@H]2CN(C(=O)[C@@H]3CCCN(C(=O)C(C)C)C3)CCO2)n1. The van der Waals surface area contributed by atoms with Crippen LogP contribution >= 0.6 is 0 Å². The largest absolute Gasteiger partial charge is 0.373 e. The maximum Gasteiger partial charge on any atom is 0.227 e. The fourth-order valence-corrected chi connectivity index (χ4v) is 3.96. The number of amides is 2. The molecule has 0 saturated carbocycles. The van der Waals surface area contributed by atoms with Crippen molar-refractivity contribution in [1.29, 1.82) is 0 Å². The maximum atomic E-state index is 13.1. The number of aryl methyl sites for hydroxylation is 2. The smallest absolute Gasteiger partial charge is 0.227 e. The van der Waals surface area contributed by atoms with Crippen molar-refractivity contribution in [3.05, 3.63) is 11.6 Å². The lowest BCUT2D eigenvalue weighted by Crippen LogP contribution is -2.52. The third kappa shape index (κ3) is 4.66. The first kappa shape index (κ1) is 19.8. The van der Waals surface area contributed by atoms with Crippen molar-refractivity contribution in [2.24, 2.45) is 11.8 Å². The first-order valence-corrected chi connectivity index (χ1v) is 9.92. The van der Waals surface area contributed by atoms with Gasteiger partial charge in [0.15, 0.2) is 0 Å². The van der Waals surface area contributed by atoms with Gasteiger partial charge in [-0.1, -0.05) is 13.8 Å². The topological polar surface area (TPSA) is 80.6 Å². The van der Waals surface area contributed by atoms with E-state index in [2.05, 4.69) is 10.1 Å². The monoisotopic (exact) mass is 377 g/mol. The van der Waals surface area contributed by atoms with Crippen molar-refractivity contribution >= 4 is 11.8 Å². The van der Waals surface area contributed by atoms with E-state index in [-0.39, 0.29) is 29.8 Å². The lowest BCUT2D eigenvalue weighted by Gasteiger charge is -2.38. The van der Waals surface area contributed by atoms with Crippen molar-refractivity contribution in [3.63, 3.8) is 0 Å². The van der Waals surface area contributed by atoms with Crippen LogP contribution in [-0.4, -0.2) is 75.3 Å². The van der Waals surface area contributed by atoms with E-state index in [0.717, 1.165) is 31.0 Å². The molecule has 8 nitrogen and oxygen atoms in total. The van der Waals surface area contributed by atoms with Gasteiger partial charge in [-0.05, 0) is 26.7 Å². The summed E-state index contributed by atoms with van der Waals surface area (Å²) in [6.45, 7) is 11.2. The van der Waals surface area contributed by atoms with E-state index in [9.17, 15) is 9.59 Å². The Bertz CT molecular complexity index is 687. The number of aromatic nitrogens is 3. The number of morpholine rings is 1. The Morgan fingerprint density at radius 3 is 2.63 bits per heavy atom. The molecule has 1 aromatic rings. The Labute approximate surface area is 160 Å². The standard InChI is InChI=1S/C19H31N5O3/c1-13(2)18(25)22-7-5-6-16(10-22)19(26)23-8-9-27-17(11-23)12-24-15(4)20-14(3)21-24/h13,16-17H,5-12H2,1-4H3/t16-,17-/m1/s1. The molecular formula is C19H31N5O3. The fraction of sp³-hybridized carbons (Fsp3) is 0.789. The van der Waals surface area contributed by atoms with E-state index < -0.39 is 0 Å². The fourth-order valence-electron chi connectivity index (χ4n) is 3.96. The Kier molecular flexibility index (Phi) is 6.14. The highest BCUT2D eigenvalue weighted by Crippen LogP contribution is 2.22. The minimum Gasteiger partial charge on any atom is -0.373 e. The third-order valence-corrected chi connectivity index (χ3v) is 5.37. The van der Waals surface area contributed by atoms with Gasteiger partial charge in [-0.3, -0.25) is 9.59 Å². The van der Waals surface area contributed by atoms with Gasteiger partial charge in [0, 0.05) is 32.1 Å². The van der Waals surface area contributed by atoms with E-state index in [1.54, 1.807) is 0 Å². The molecule has 150 valence electrons. The van der Waals surface area contributed by atoms with Crippen molar-refractivity contribution < 1.29 is 14.3 Å². The molecule has 2 aliphatic rings. The quantitative estimate of drug-likeness (QED) is 0.783. The summed E-state index contributed by atoms with van der Waals surface area (Å²) >= 11 is 0. The van der Waals surface area contributed by atoms with Crippen LogP contribution in [0.3, 0.4) is 0 Å². The lowest BCUT2D eigenvalue weighted by molar-refractivity contribution is -0.148. The third-order valence-electron chi connectivity index (χ3n) is 5.37. The number of hydrogen-bond donors (Lipinski definition) is 0. The van der Waals surface area contributed by atoms with Gasteiger partial charge < -0.3 is 14.5 Å². The molecule has 3 rings (SSSR count). The molecule has 2 aliphatic heterocycles. The molecule has 0 aromatic carbocycles. The molecule has 27 heavy (non-hydrogen) atoms. The highest BCUT2D eigenvalue weighted by molar-refractivity contribution is 5.82. The molecular weight excluding hydrogens is 346 g/mol. The van der Waals surface area contributed by atoms with E-state index in [1.165, 1.54) is 0 Å². The van der Waals surface area contributed by atoms with E-state index in [1.807, 2.05) is 42.2 Å². The Balaban J connectivity index is 1.59. The van der Waals surface area contributed by atoms with Crippen molar-refractivity contribution in [2.45, 2.75) is 53.2 Å². The highest BCUT2D eigenvalue weighted by atomic mass is 16.5. The first-order valence-electron chi connectivity index (χ1n) is 9.92. The van der Waals surface area contributed by atoms with Gasteiger partial charge in [-0.25, -0.2) is 9.67 Å². The molecule has 3 heterocycles. The second kappa shape index (κ2) is 8.37. The van der Waals surface area contributed by atoms with Crippen molar-refractivity contribution in [2.75, 3.05) is 32.8 Å². The zero-order valence-corrected chi connectivity index (χ0v) is 16.8. The summed E-state index contributed by atoms with van der Waals surface area (Å²) in [5, 5.41) is 4.39. The molecule has 2 atom stereocenters. The Morgan fingerprint density at radius 1 is 1.19 bits per heavy atom. The number of hydrogen-bond acceptors (Lipinski definition) is 5. The number of carbonyl (C=O) groups is 2. The molecule has 8 heteroatoms. The number of piperidine rings is 1. The van der Waals surface area contributed by atoms with Crippen molar-refractivity contribution in [1.82, 2.24) is 24.6 Å². The molecule has 2 fully saturated rings. The number of carbonyl (C=O) groups excluding carboxylic acids is 2. The van der Waals surface area contributed by atoms with Crippen LogP contribution in [0.25, 0.3) is 0 Å². The van der Waals surface area contributed by atoms with Crippen LogP contribution in [0.4, 0.5) is 0 Å². The van der Waals surface area contributed by atoms with E-state index in [4.69, 9.17) is 4.74 Å². The van der Waals surface area contributed by atoms with Crippen LogP contribution in [0.15, 0.2) is 0 Å². The summed E-state index contributed by atoms with van der Waals surface area (Å²) in [5.41, 5.74) is 0. The minimum absolute atomic E-state index is 0.0269. The predicted molar refractivity (Wildman–Crippen MR) is 100.0 cm³/mol. The molecule has 1 aromatic heterocycles. The maximum absolute atomic E-state index is 13.1.